The van der Waals surface area contributed by atoms with Gasteiger partial charge >= 0.3 is 0 Å². The number of para-hydroxylation sites is 1. The number of carbonyl (C=O) groups excluding carboxylic acids is 1. The van der Waals surface area contributed by atoms with E-state index in [9.17, 15) is 4.79 Å². The number of aldehydes is 1. The van der Waals surface area contributed by atoms with E-state index < -0.39 is 0 Å². The molecule has 0 saturated carbocycles. The Labute approximate surface area is 121 Å². The molecular formula is C19H12O2. The first-order valence-corrected chi connectivity index (χ1v) is 6.82. The number of rotatable bonds is 2. The molecule has 1 heterocycles. The molecule has 0 saturated heterocycles. The van der Waals surface area contributed by atoms with Crippen molar-refractivity contribution in [3.05, 3.63) is 72.3 Å². The molecule has 4 aromatic rings. The molecular weight excluding hydrogens is 260 g/mol. The first-order valence-electron chi connectivity index (χ1n) is 6.82. The number of carbonyl (C=O) groups is 1. The van der Waals surface area contributed by atoms with Gasteiger partial charge in [-0.2, -0.15) is 0 Å². The quantitative estimate of drug-likeness (QED) is 0.477. The van der Waals surface area contributed by atoms with Crippen molar-refractivity contribution in [3.8, 4) is 11.1 Å². The Kier molecular flexibility index (Phi) is 2.61. The number of benzene rings is 3. The molecule has 0 aliphatic rings. The van der Waals surface area contributed by atoms with Crippen LogP contribution in [0.4, 0.5) is 0 Å². The molecule has 0 bridgehead atoms. The summed E-state index contributed by atoms with van der Waals surface area (Å²) in [5.41, 5.74) is 4.58. The van der Waals surface area contributed by atoms with Crippen LogP contribution in [0, 0.1) is 0 Å². The largest absolute Gasteiger partial charge is 0.456 e. The Hall–Kier alpha value is -2.87. The smallest absolute Gasteiger partial charge is 0.150 e. The van der Waals surface area contributed by atoms with Crippen molar-refractivity contribution < 1.29 is 9.21 Å². The summed E-state index contributed by atoms with van der Waals surface area (Å²) in [4.78, 5) is 10.9. The van der Waals surface area contributed by atoms with Crippen molar-refractivity contribution in [3.63, 3.8) is 0 Å². The van der Waals surface area contributed by atoms with Gasteiger partial charge in [0.05, 0.1) is 0 Å². The first-order chi connectivity index (χ1) is 10.3. The molecule has 0 radical (unpaired) electrons. The highest BCUT2D eigenvalue weighted by molar-refractivity contribution is 6.06. The van der Waals surface area contributed by atoms with Crippen LogP contribution in [0.3, 0.4) is 0 Å². The van der Waals surface area contributed by atoms with Gasteiger partial charge in [0.15, 0.2) is 0 Å². The molecule has 0 amide bonds. The van der Waals surface area contributed by atoms with E-state index in [2.05, 4.69) is 12.1 Å². The topological polar surface area (TPSA) is 30.2 Å². The molecule has 100 valence electrons. The average Bonchev–Trinajstić information content (AvgIpc) is 2.92. The monoisotopic (exact) mass is 272 g/mol. The fraction of sp³-hybridized carbons (Fsp3) is 0. The second-order valence-electron chi connectivity index (χ2n) is 5.05. The van der Waals surface area contributed by atoms with Gasteiger partial charge in [-0.25, -0.2) is 0 Å². The molecule has 2 nitrogen and oxygen atoms in total. The summed E-state index contributed by atoms with van der Waals surface area (Å²) in [5, 5.41) is 2.21. The Morgan fingerprint density at radius 1 is 0.714 bits per heavy atom. The lowest BCUT2D eigenvalue weighted by molar-refractivity contribution is 0.112. The van der Waals surface area contributed by atoms with Crippen LogP contribution in [0.15, 0.2) is 71.1 Å². The van der Waals surface area contributed by atoms with Crippen LogP contribution in [0.25, 0.3) is 33.1 Å². The molecule has 0 aliphatic heterocycles. The molecule has 1 aromatic heterocycles. The highest BCUT2D eigenvalue weighted by Gasteiger charge is 2.08. The Balaban J connectivity index is 1.97. The maximum atomic E-state index is 10.9. The maximum Gasteiger partial charge on any atom is 0.150 e. The van der Waals surface area contributed by atoms with Crippen LogP contribution in [0.5, 0.6) is 0 Å². The van der Waals surface area contributed by atoms with Crippen molar-refractivity contribution in [2.75, 3.05) is 0 Å². The van der Waals surface area contributed by atoms with Gasteiger partial charge in [0, 0.05) is 16.3 Å². The van der Waals surface area contributed by atoms with Crippen molar-refractivity contribution in [1.29, 1.82) is 0 Å². The molecule has 0 spiro atoms. The van der Waals surface area contributed by atoms with Gasteiger partial charge in [-0.05, 0) is 35.4 Å². The fourth-order valence-electron chi connectivity index (χ4n) is 2.70. The van der Waals surface area contributed by atoms with Crippen LogP contribution >= 0.6 is 0 Å². The Bertz CT molecular complexity index is 964. The summed E-state index contributed by atoms with van der Waals surface area (Å²) < 4.78 is 5.83. The average molecular weight is 272 g/mol. The zero-order chi connectivity index (χ0) is 14.2. The van der Waals surface area contributed by atoms with Gasteiger partial charge in [0.25, 0.3) is 0 Å². The van der Waals surface area contributed by atoms with E-state index >= 15 is 0 Å². The number of fused-ring (bicyclic) bond motifs is 3. The molecule has 4 rings (SSSR count). The van der Waals surface area contributed by atoms with Gasteiger partial charge < -0.3 is 4.42 Å². The summed E-state index contributed by atoms with van der Waals surface area (Å²) in [6.45, 7) is 0. The zero-order valence-corrected chi connectivity index (χ0v) is 11.2. The van der Waals surface area contributed by atoms with Gasteiger partial charge in [-0.1, -0.05) is 42.5 Å². The molecule has 0 N–H and O–H groups in total. The van der Waals surface area contributed by atoms with Gasteiger partial charge in [-0.15, -0.1) is 0 Å². The van der Waals surface area contributed by atoms with Gasteiger partial charge in [0.1, 0.15) is 17.5 Å². The zero-order valence-electron chi connectivity index (χ0n) is 11.2. The van der Waals surface area contributed by atoms with Crippen LogP contribution in [0.2, 0.25) is 0 Å². The Morgan fingerprint density at radius 3 is 2.43 bits per heavy atom. The number of furan rings is 1. The minimum Gasteiger partial charge on any atom is -0.456 e. The molecule has 21 heavy (non-hydrogen) atoms. The summed E-state index contributed by atoms with van der Waals surface area (Å²) in [5.74, 6) is 0. The molecule has 2 heteroatoms. The van der Waals surface area contributed by atoms with Gasteiger partial charge in [0.2, 0.25) is 0 Å². The summed E-state index contributed by atoms with van der Waals surface area (Å²) >= 11 is 0. The highest BCUT2D eigenvalue weighted by atomic mass is 16.3. The van der Waals surface area contributed by atoms with Crippen LogP contribution in [0.1, 0.15) is 10.4 Å². The van der Waals surface area contributed by atoms with E-state index in [0.29, 0.717) is 5.56 Å². The second-order valence-corrected chi connectivity index (χ2v) is 5.05. The maximum absolute atomic E-state index is 10.9. The van der Waals surface area contributed by atoms with Crippen LogP contribution in [-0.4, -0.2) is 6.29 Å². The van der Waals surface area contributed by atoms with Crippen LogP contribution < -0.4 is 0 Å². The standard InChI is InChI=1S/C19H12O2/c20-12-13-4-3-5-14(10-13)15-8-9-19-17(11-15)16-6-1-2-7-18(16)21-19/h1-12H. The summed E-state index contributed by atoms with van der Waals surface area (Å²) in [6, 6.07) is 21.8. The molecule has 0 aliphatic carbocycles. The third-order valence-corrected chi connectivity index (χ3v) is 3.73. The predicted octanol–water partition coefficient (Wildman–Crippen LogP) is 5.07. The summed E-state index contributed by atoms with van der Waals surface area (Å²) in [6.07, 6.45) is 0.870. The third kappa shape index (κ3) is 1.93. The van der Waals surface area contributed by atoms with E-state index in [0.717, 1.165) is 39.4 Å². The lowest BCUT2D eigenvalue weighted by Crippen LogP contribution is -1.82. The SMILES string of the molecule is O=Cc1cccc(-c2ccc3oc4ccccc4c3c2)c1. The van der Waals surface area contributed by atoms with E-state index in [1.54, 1.807) is 0 Å². The van der Waals surface area contributed by atoms with Crippen molar-refractivity contribution >= 4 is 28.2 Å². The minimum absolute atomic E-state index is 0.685. The molecule has 3 aromatic carbocycles. The van der Waals surface area contributed by atoms with E-state index in [1.165, 1.54) is 0 Å². The molecule has 0 fully saturated rings. The molecule has 0 atom stereocenters. The highest BCUT2D eigenvalue weighted by Crippen LogP contribution is 2.32. The summed E-state index contributed by atoms with van der Waals surface area (Å²) in [7, 11) is 0. The second kappa shape index (κ2) is 4.60. The normalized spacial score (nSPS) is 11.0. The number of hydrogen-bond donors (Lipinski definition) is 0. The Morgan fingerprint density at radius 2 is 1.52 bits per heavy atom. The lowest BCUT2D eigenvalue weighted by Gasteiger charge is -2.02. The van der Waals surface area contributed by atoms with Crippen molar-refractivity contribution in [1.82, 2.24) is 0 Å². The van der Waals surface area contributed by atoms with E-state index in [1.807, 2.05) is 54.6 Å². The van der Waals surface area contributed by atoms with E-state index in [4.69, 9.17) is 4.42 Å². The number of hydrogen-bond acceptors (Lipinski definition) is 2. The third-order valence-electron chi connectivity index (χ3n) is 3.73. The first kappa shape index (κ1) is 11.9. The predicted molar refractivity (Wildman–Crippen MR) is 84.5 cm³/mol. The minimum atomic E-state index is 0.685. The lowest BCUT2D eigenvalue weighted by atomic mass is 10.0. The van der Waals surface area contributed by atoms with Crippen LogP contribution in [-0.2, 0) is 0 Å². The van der Waals surface area contributed by atoms with Crippen molar-refractivity contribution in [2.24, 2.45) is 0 Å². The van der Waals surface area contributed by atoms with Gasteiger partial charge in [-0.3, -0.25) is 4.79 Å². The molecule has 0 unspecified atom stereocenters. The van der Waals surface area contributed by atoms with Crippen molar-refractivity contribution in [2.45, 2.75) is 0 Å². The van der Waals surface area contributed by atoms with E-state index in [-0.39, 0.29) is 0 Å². The fourth-order valence-corrected chi connectivity index (χ4v) is 2.70.